The number of nitrogens with one attached hydrogen (secondary N) is 4. The number of hydrogen-bond acceptors (Lipinski definition) is 7. The van der Waals surface area contributed by atoms with Gasteiger partial charge in [0.05, 0.1) is 16.7 Å². The van der Waals surface area contributed by atoms with E-state index in [9.17, 15) is 33.6 Å². The average molecular weight is 1100 g/mol. The fraction of sp³-hybridized carbons (Fsp3) is 0.191. The number of carbonyl (C=O) groups is 7. The smallest absolute Gasteiger partial charge is 0.335 e. The molecule has 8 rings (SSSR count). The fourth-order valence-electron chi connectivity index (χ4n) is 8.19. The van der Waals surface area contributed by atoms with Crippen molar-refractivity contribution in [3.63, 3.8) is 0 Å². The minimum atomic E-state index is -0.976. The Hall–Kier alpha value is -9.95. The van der Waals surface area contributed by atoms with E-state index in [0.29, 0.717) is 60.3 Å². The third-order valence-corrected chi connectivity index (χ3v) is 12.6. The van der Waals surface area contributed by atoms with Crippen molar-refractivity contribution in [3.8, 4) is 0 Å². The van der Waals surface area contributed by atoms with Gasteiger partial charge in [0.25, 0.3) is 0 Å². The highest BCUT2D eigenvalue weighted by atomic mass is 16.4. The molecule has 0 heterocycles. The zero-order valence-electron chi connectivity index (χ0n) is 46.4. The molecule has 0 aromatic heterocycles. The van der Waals surface area contributed by atoms with E-state index in [2.05, 4.69) is 21.3 Å². The lowest BCUT2D eigenvalue weighted by Crippen LogP contribution is -2.13. The lowest BCUT2D eigenvalue weighted by Gasteiger charge is -2.08. The molecule has 0 saturated carbocycles. The van der Waals surface area contributed by atoms with Gasteiger partial charge in [0.1, 0.15) is 0 Å². The molecule has 0 radical (unpaired) electrons. The molecule has 0 fully saturated rings. The van der Waals surface area contributed by atoms with Gasteiger partial charge in [-0.25, -0.2) is 14.4 Å². The lowest BCUT2D eigenvalue weighted by atomic mass is 10.1. The number of rotatable bonds is 21. The number of carboxylic acids is 3. The number of anilines is 4. The molecule has 0 saturated heterocycles. The largest absolute Gasteiger partial charge is 0.478 e. The van der Waals surface area contributed by atoms with Crippen LogP contribution in [0, 0.1) is 20.8 Å². The summed E-state index contributed by atoms with van der Waals surface area (Å²) < 4.78 is 0. The molecule has 0 atom stereocenters. The lowest BCUT2D eigenvalue weighted by molar-refractivity contribution is -0.117. The van der Waals surface area contributed by atoms with Crippen molar-refractivity contribution >= 4 is 64.3 Å². The fourth-order valence-corrected chi connectivity index (χ4v) is 8.19. The molecule has 0 bridgehead atoms. The average Bonchev–Trinajstić information content (AvgIpc) is 3.47. The predicted molar refractivity (Wildman–Crippen MR) is 324 cm³/mol. The molecule has 14 nitrogen and oxygen atoms in total. The van der Waals surface area contributed by atoms with E-state index >= 15 is 0 Å². The Morgan fingerprint density at radius 3 is 0.927 bits per heavy atom. The highest BCUT2D eigenvalue weighted by Crippen LogP contribution is 2.19. The summed E-state index contributed by atoms with van der Waals surface area (Å²) in [6.45, 7) is 5.46. The quantitative estimate of drug-likeness (QED) is 0.0360. The van der Waals surface area contributed by atoms with Crippen molar-refractivity contribution in [3.05, 3.63) is 262 Å². The number of aromatic carboxylic acids is 3. The number of benzene rings is 8. The second-order valence-corrected chi connectivity index (χ2v) is 19.3. The Morgan fingerprint density at radius 2 is 0.610 bits per heavy atom. The zero-order chi connectivity index (χ0) is 59.1. The number of carbonyl (C=O) groups excluding carboxylic acids is 4. The van der Waals surface area contributed by atoms with Gasteiger partial charge in [0.15, 0.2) is 0 Å². The molecule has 0 unspecified atom stereocenters. The molecule has 0 aliphatic carbocycles. The Balaban J connectivity index is 0.000000201. The van der Waals surface area contributed by atoms with Crippen LogP contribution in [0.2, 0.25) is 0 Å². The van der Waals surface area contributed by atoms with Gasteiger partial charge in [-0.15, -0.1) is 0 Å². The first-order valence-corrected chi connectivity index (χ1v) is 26.9. The van der Waals surface area contributed by atoms with E-state index in [1.54, 1.807) is 50.2 Å². The van der Waals surface area contributed by atoms with Gasteiger partial charge in [-0.3, -0.25) is 19.2 Å². The van der Waals surface area contributed by atoms with E-state index in [4.69, 9.17) is 15.3 Å². The molecular formula is C68H70N4O10. The second kappa shape index (κ2) is 34.1. The summed E-state index contributed by atoms with van der Waals surface area (Å²) >= 11 is 0. The van der Waals surface area contributed by atoms with E-state index in [1.807, 2.05) is 153 Å². The third kappa shape index (κ3) is 24.0. The van der Waals surface area contributed by atoms with Gasteiger partial charge in [-0.1, -0.05) is 139 Å². The third-order valence-electron chi connectivity index (χ3n) is 12.6. The molecule has 8 aromatic carbocycles. The van der Waals surface area contributed by atoms with Crippen LogP contribution in [0.15, 0.2) is 206 Å². The number of aryl methyl sites for hydroxylation is 7. The van der Waals surface area contributed by atoms with Crippen molar-refractivity contribution in [1.82, 2.24) is 0 Å². The first kappa shape index (κ1) is 62.9. The van der Waals surface area contributed by atoms with E-state index < -0.39 is 17.9 Å². The molecule has 422 valence electrons. The predicted octanol–water partition coefficient (Wildman–Crippen LogP) is 13.8. The van der Waals surface area contributed by atoms with E-state index in [0.717, 1.165) is 43.4 Å². The Morgan fingerprint density at radius 1 is 0.317 bits per heavy atom. The molecule has 14 heteroatoms. The monoisotopic (exact) mass is 1100 g/mol. The van der Waals surface area contributed by atoms with Gasteiger partial charge >= 0.3 is 17.9 Å². The van der Waals surface area contributed by atoms with Crippen LogP contribution in [0.25, 0.3) is 0 Å². The molecule has 0 aliphatic rings. The first-order valence-electron chi connectivity index (χ1n) is 26.9. The summed E-state index contributed by atoms with van der Waals surface area (Å²) in [4.78, 5) is 79.9. The molecule has 82 heavy (non-hydrogen) atoms. The maximum Gasteiger partial charge on any atom is 0.335 e. The van der Waals surface area contributed by atoms with Crippen molar-refractivity contribution in [1.29, 1.82) is 0 Å². The summed E-state index contributed by atoms with van der Waals surface area (Å²) in [6.07, 6.45) is 6.53. The van der Waals surface area contributed by atoms with Crippen LogP contribution in [-0.4, -0.2) is 56.9 Å². The van der Waals surface area contributed by atoms with Crippen LogP contribution < -0.4 is 21.3 Å². The maximum atomic E-state index is 11.9. The number of amides is 4. The Labute approximate surface area is 479 Å². The number of carboxylic acid groups (broad SMARTS) is 3. The number of hydrogen-bond donors (Lipinski definition) is 7. The zero-order valence-corrected chi connectivity index (χ0v) is 46.4. The second-order valence-electron chi connectivity index (χ2n) is 19.3. The molecule has 4 amide bonds. The minimum absolute atomic E-state index is 0.0570. The summed E-state index contributed by atoms with van der Waals surface area (Å²) in [7, 11) is 0. The van der Waals surface area contributed by atoms with Gasteiger partial charge < -0.3 is 36.6 Å². The molecule has 0 spiro atoms. The van der Waals surface area contributed by atoms with Crippen molar-refractivity contribution in [2.75, 3.05) is 21.3 Å². The molecule has 8 aromatic rings. The SMILES string of the molecule is Cc1cc(NC(=O)CCCc2ccccc2)ccc1C(=O)O.Cc1cc(NC(=O)CCc2ccccc2)ccc1C(=O)O.Cc1ccc(NC(=O)CCc2ccccc2)cc1.O=C(CCCc1ccccc1)Nc1ccc(C(=O)O)cc1. The first-order chi connectivity index (χ1) is 39.5. The molecular weight excluding hydrogens is 1030 g/mol. The minimum Gasteiger partial charge on any atom is -0.478 e. The van der Waals surface area contributed by atoms with E-state index in [-0.39, 0.29) is 40.3 Å². The van der Waals surface area contributed by atoms with Crippen LogP contribution in [0.5, 0.6) is 0 Å². The van der Waals surface area contributed by atoms with Crippen LogP contribution >= 0.6 is 0 Å². The van der Waals surface area contributed by atoms with Gasteiger partial charge in [-0.05, 0) is 165 Å². The van der Waals surface area contributed by atoms with E-state index in [1.165, 1.54) is 46.5 Å². The Kier molecular flexibility index (Phi) is 26.2. The van der Waals surface area contributed by atoms with Crippen LogP contribution in [-0.2, 0) is 44.9 Å². The topological polar surface area (TPSA) is 228 Å². The maximum absolute atomic E-state index is 11.9. The summed E-state index contributed by atoms with van der Waals surface area (Å²) in [5, 5.41) is 38.0. The van der Waals surface area contributed by atoms with Gasteiger partial charge in [0, 0.05) is 48.4 Å². The Bertz CT molecular complexity index is 3320. The standard InChI is InChI=1S/C18H19NO3.2C17H17NO3.C16H17NO/c1-13-12-15(10-11-16(13)18(21)22)19-17(20)9-5-8-14-6-3-2-4-7-14;1-12-11-14(8-9-15(12)17(20)21)18-16(19)10-7-13-5-3-2-4-6-13;19-16(8-4-7-13-5-2-1-3-6-13)18-15-11-9-14(10-12-15)17(20)21;1-13-7-10-15(11-8-13)17-16(18)12-9-14-5-3-2-4-6-14/h2-4,6-7,10-12H,5,8-9H2,1H3,(H,19,20)(H,21,22);2-6,8-9,11H,7,10H2,1H3,(H,18,19)(H,20,21);1-3,5-6,9-12H,4,7-8H2,(H,18,19)(H,20,21);2-8,10-11H,9,12H2,1H3,(H,17,18). The van der Waals surface area contributed by atoms with Crippen LogP contribution in [0.3, 0.4) is 0 Å². The van der Waals surface area contributed by atoms with Crippen molar-refractivity contribution in [2.45, 2.75) is 85.0 Å². The summed E-state index contributed by atoms with van der Waals surface area (Å²) in [6, 6.07) is 63.5. The summed E-state index contributed by atoms with van der Waals surface area (Å²) in [5.74, 6) is -3.04. The van der Waals surface area contributed by atoms with Crippen molar-refractivity contribution < 1.29 is 48.9 Å². The van der Waals surface area contributed by atoms with Crippen LogP contribution in [0.1, 0.15) is 109 Å². The highest BCUT2D eigenvalue weighted by molar-refractivity contribution is 5.95. The normalized spacial score (nSPS) is 10.1. The van der Waals surface area contributed by atoms with Gasteiger partial charge in [-0.2, -0.15) is 0 Å². The summed E-state index contributed by atoms with van der Waals surface area (Å²) in [5.41, 5.74) is 10.6. The molecule has 7 N–H and O–H groups in total. The molecule has 0 aliphatic heterocycles. The highest BCUT2D eigenvalue weighted by Gasteiger charge is 2.12. The van der Waals surface area contributed by atoms with Crippen molar-refractivity contribution in [2.24, 2.45) is 0 Å². The van der Waals surface area contributed by atoms with Crippen LogP contribution in [0.4, 0.5) is 22.7 Å². The van der Waals surface area contributed by atoms with Gasteiger partial charge in [0.2, 0.25) is 23.6 Å².